The van der Waals surface area contributed by atoms with Gasteiger partial charge in [0.25, 0.3) is 0 Å². The Balaban J connectivity index is 1.48. The van der Waals surface area contributed by atoms with Crippen LogP contribution in [0.3, 0.4) is 0 Å². The van der Waals surface area contributed by atoms with Crippen molar-refractivity contribution in [1.82, 2.24) is 4.57 Å². The molecule has 0 bridgehead atoms. The Hall–Kier alpha value is -5.08. The quantitative estimate of drug-likeness (QED) is 0.213. The van der Waals surface area contributed by atoms with Crippen molar-refractivity contribution < 1.29 is 0 Å². The molecule has 0 amide bonds. The van der Waals surface area contributed by atoms with Crippen LogP contribution in [-0.4, -0.2) is 11.3 Å². The van der Waals surface area contributed by atoms with Crippen molar-refractivity contribution >= 4 is 34.0 Å². The summed E-state index contributed by atoms with van der Waals surface area (Å²) in [6.07, 6.45) is 0. The van der Waals surface area contributed by atoms with E-state index in [9.17, 15) is 0 Å². The molecular formula is C40H28BN. The summed E-state index contributed by atoms with van der Waals surface area (Å²) >= 11 is 0. The highest BCUT2D eigenvalue weighted by Crippen LogP contribution is 2.48. The van der Waals surface area contributed by atoms with Crippen molar-refractivity contribution in [3.8, 4) is 16.8 Å². The van der Waals surface area contributed by atoms with Crippen LogP contribution >= 0.6 is 0 Å². The average molecular weight is 533 g/mol. The number of hydrogen-bond donors (Lipinski definition) is 0. The van der Waals surface area contributed by atoms with Crippen molar-refractivity contribution in [2.75, 3.05) is 0 Å². The topological polar surface area (TPSA) is 4.93 Å². The van der Waals surface area contributed by atoms with E-state index in [2.05, 4.69) is 163 Å². The van der Waals surface area contributed by atoms with Gasteiger partial charge < -0.3 is 4.57 Å². The van der Waals surface area contributed by atoms with Crippen LogP contribution in [0.5, 0.6) is 0 Å². The molecule has 0 aliphatic carbocycles. The SMILES string of the molecule is Cc1c(-c2ccccc2)c2cccc3c2n1-c1cccc2c1B3c1ccccc1C2(c1ccccc1)c1ccccc1. The van der Waals surface area contributed by atoms with Gasteiger partial charge in [-0.15, -0.1) is 0 Å². The summed E-state index contributed by atoms with van der Waals surface area (Å²) in [7, 11) is 0. The Morgan fingerprint density at radius 3 is 1.81 bits per heavy atom. The maximum Gasteiger partial charge on any atom is 0.247 e. The second kappa shape index (κ2) is 8.71. The van der Waals surface area contributed by atoms with Crippen LogP contribution in [0.1, 0.15) is 27.9 Å². The highest BCUT2D eigenvalue weighted by Gasteiger charge is 2.50. The second-order valence-electron chi connectivity index (χ2n) is 11.6. The number of benzene rings is 6. The van der Waals surface area contributed by atoms with Gasteiger partial charge in [0.05, 0.1) is 5.41 Å². The summed E-state index contributed by atoms with van der Waals surface area (Å²) in [5.41, 5.74) is 15.6. The maximum atomic E-state index is 2.55. The molecule has 2 heteroatoms. The van der Waals surface area contributed by atoms with Crippen LogP contribution in [0.4, 0.5) is 0 Å². The molecule has 3 heterocycles. The van der Waals surface area contributed by atoms with E-state index in [0.717, 1.165) is 0 Å². The van der Waals surface area contributed by atoms with Gasteiger partial charge in [0.1, 0.15) is 0 Å². The van der Waals surface area contributed by atoms with E-state index in [1.54, 1.807) is 0 Å². The predicted molar refractivity (Wildman–Crippen MR) is 176 cm³/mol. The molecule has 42 heavy (non-hydrogen) atoms. The first kappa shape index (κ1) is 23.6. The van der Waals surface area contributed by atoms with Crippen LogP contribution in [-0.2, 0) is 5.41 Å². The van der Waals surface area contributed by atoms with Gasteiger partial charge in [0.15, 0.2) is 0 Å². The fraction of sp³-hybridized carbons (Fsp3) is 0.0500. The van der Waals surface area contributed by atoms with Gasteiger partial charge in [0.2, 0.25) is 6.71 Å². The van der Waals surface area contributed by atoms with Crippen LogP contribution in [0.2, 0.25) is 0 Å². The van der Waals surface area contributed by atoms with Gasteiger partial charge >= 0.3 is 0 Å². The number of para-hydroxylation sites is 1. The fourth-order valence-corrected chi connectivity index (χ4v) is 8.25. The molecule has 1 aromatic heterocycles. The summed E-state index contributed by atoms with van der Waals surface area (Å²) in [4.78, 5) is 0. The third-order valence-corrected chi connectivity index (χ3v) is 9.74. The molecule has 196 valence electrons. The van der Waals surface area contributed by atoms with Crippen molar-refractivity contribution in [2.45, 2.75) is 12.3 Å². The molecule has 0 spiro atoms. The molecule has 0 fully saturated rings. The van der Waals surface area contributed by atoms with Crippen molar-refractivity contribution in [1.29, 1.82) is 0 Å². The van der Waals surface area contributed by atoms with Gasteiger partial charge in [0, 0.05) is 27.8 Å². The van der Waals surface area contributed by atoms with Gasteiger partial charge in [-0.25, -0.2) is 0 Å². The molecule has 1 nitrogen and oxygen atoms in total. The van der Waals surface area contributed by atoms with E-state index in [-0.39, 0.29) is 6.71 Å². The van der Waals surface area contributed by atoms with Gasteiger partial charge in [-0.05, 0) is 51.7 Å². The highest BCUT2D eigenvalue weighted by molar-refractivity contribution is 6.99. The van der Waals surface area contributed by atoms with E-state index in [1.807, 2.05) is 0 Å². The Morgan fingerprint density at radius 2 is 1.10 bits per heavy atom. The first-order chi connectivity index (χ1) is 20.8. The summed E-state index contributed by atoms with van der Waals surface area (Å²) in [5.74, 6) is 0. The third-order valence-electron chi connectivity index (χ3n) is 9.74. The zero-order valence-electron chi connectivity index (χ0n) is 23.5. The van der Waals surface area contributed by atoms with E-state index in [1.165, 1.54) is 72.1 Å². The summed E-state index contributed by atoms with van der Waals surface area (Å²) in [6.45, 7) is 2.45. The van der Waals surface area contributed by atoms with Crippen LogP contribution < -0.4 is 16.4 Å². The maximum absolute atomic E-state index is 2.55. The Bertz CT molecular complexity index is 2100. The van der Waals surface area contributed by atoms with Crippen LogP contribution in [0, 0.1) is 6.92 Å². The molecule has 0 N–H and O–H groups in total. The van der Waals surface area contributed by atoms with E-state index in [0.29, 0.717) is 0 Å². The Morgan fingerprint density at radius 1 is 0.524 bits per heavy atom. The molecule has 2 aliphatic rings. The molecule has 0 saturated carbocycles. The smallest absolute Gasteiger partial charge is 0.247 e. The first-order valence-corrected chi connectivity index (χ1v) is 14.8. The minimum absolute atomic E-state index is 0.155. The molecule has 0 atom stereocenters. The molecule has 0 unspecified atom stereocenters. The largest absolute Gasteiger partial charge is 0.314 e. The van der Waals surface area contributed by atoms with E-state index >= 15 is 0 Å². The monoisotopic (exact) mass is 533 g/mol. The first-order valence-electron chi connectivity index (χ1n) is 14.8. The van der Waals surface area contributed by atoms with Crippen LogP contribution in [0.15, 0.2) is 152 Å². The standard InChI is InChI=1S/C40H28BN/c1-27-37(28-15-5-2-6-16-28)31-21-13-25-35-39(31)42(27)36-26-14-23-33-38(36)41(35)34-24-12-11-22-32(34)40(33,29-17-7-3-8-18-29)30-19-9-4-10-20-30/h2-26H,1H3. The summed E-state index contributed by atoms with van der Waals surface area (Å²) in [6, 6.07) is 56.3. The lowest BCUT2D eigenvalue weighted by atomic mass is 9.29. The van der Waals surface area contributed by atoms with Gasteiger partial charge in [-0.1, -0.05) is 151 Å². The summed E-state index contributed by atoms with van der Waals surface area (Å²) < 4.78 is 2.55. The molecule has 0 saturated heterocycles. The number of hydrogen-bond acceptors (Lipinski definition) is 0. The van der Waals surface area contributed by atoms with Gasteiger partial charge in [-0.3, -0.25) is 0 Å². The predicted octanol–water partition coefficient (Wildman–Crippen LogP) is 7.13. The normalized spacial score (nSPS) is 14.0. The average Bonchev–Trinajstić information content (AvgIpc) is 3.36. The Kier molecular flexibility index (Phi) is 4.90. The fourth-order valence-electron chi connectivity index (χ4n) is 8.25. The zero-order chi connectivity index (χ0) is 27.8. The lowest BCUT2D eigenvalue weighted by molar-refractivity contribution is 0.749. The molecular weight excluding hydrogens is 505 g/mol. The number of rotatable bonds is 3. The molecule has 2 aliphatic heterocycles. The third kappa shape index (κ3) is 2.89. The Labute approximate surface area is 246 Å². The number of nitrogens with zero attached hydrogens (tertiary/aromatic N) is 1. The van der Waals surface area contributed by atoms with Crippen molar-refractivity contribution in [3.05, 3.63) is 180 Å². The van der Waals surface area contributed by atoms with Crippen LogP contribution in [0.25, 0.3) is 27.7 Å². The lowest BCUT2D eigenvalue weighted by Crippen LogP contribution is -2.64. The van der Waals surface area contributed by atoms with Gasteiger partial charge in [-0.2, -0.15) is 0 Å². The minimum Gasteiger partial charge on any atom is -0.314 e. The molecule has 6 aromatic carbocycles. The minimum atomic E-state index is -0.435. The lowest BCUT2D eigenvalue weighted by Gasteiger charge is -2.46. The highest BCUT2D eigenvalue weighted by atomic mass is 15.0. The van der Waals surface area contributed by atoms with Crippen molar-refractivity contribution in [3.63, 3.8) is 0 Å². The second-order valence-corrected chi connectivity index (χ2v) is 11.6. The zero-order valence-corrected chi connectivity index (χ0v) is 23.5. The molecule has 0 radical (unpaired) electrons. The molecule has 9 rings (SSSR count). The molecule has 7 aromatic rings. The van der Waals surface area contributed by atoms with Crippen molar-refractivity contribution in [2.24, 2.45) is 0 Å². The number of aromatic nitrogens is 1. The summed E-state index contributed by atoms with van der Waals surface area (Å²) in [5, 5.41) is 1.33. The van der Waals surface area contributed by atoms with E-state index in [4.69, 9.17) is 0 Å². The van der Waals surface area contributed by atoms with E-state index < -0.39 is 5.41 Å². The number of fused-ring (bicyclic) bond motifs is 4.